The molecule has 0 radical (unpaired) electrons. The molecule has 2 aliphatic heterocycles. The molecule has 202 valence electrons. The van der Waals surface area contributed by atoms with E-state index in [9.17, 15) is 15.0 Å². The first-order valence-corrected chi connectivity index (χ1v) is 13.8. The van der Waals surface area contributed by atoms with Crippen molar-refractivity contribution in [2.45, 2.75) is 82.0 Å². The van der Waals surface area contributed by atoms with Gasteiger partial charge in [-0.05, 0) is 70.3 Å². The zero-order chi connectivity index (χ0) is 25.7. The van der Waals surface area contributed by atoms with Gasteiger partial charge in [-0.2, -0.15) is 0 Å². The first-order valence-electron chi connectivity index (χ1n) is 13.8. The first-order chi connectivity index (χ1) is 17.3. The average molecular weight is 506 g/mol. The van der Waals surface area contributed by atoms with E-state index < -0.39 is 11.7 Å². The van der Waals surface area contributed by atoms with Crippen LogP contribution in [0, 0.1) is 17.7 Å². The highest BCUT2D eigenvalue weighted by Crippen LogP contribution is 2.45. The lowest BCUT2D eigenvalue weighted by Crippen LogP contribution is -2.50. The predicted molar refractivity (Wildman–Crippen MR) is 138 cm³/mol. The minimum atomic E-state index is -1.26. The van der Waals surface area contributed by atoms with E-state index in [0.717, 1.165) is 58.0 Å². The topological polar surface area (TPSA) is 99.3 Å². The molecule has 4 rings (SSSR count). The van der Waals surface area contributed by atoms with Gasteiger partial charge in [0.25, 0.3) is 0 Å². The Bertz CT molecular complexity index is 870. The molecule has 5 atom stereocenters. The number of nitrogens with zero attached hydrogens (tertiary/aromatic N) is 2. The van der Waals surface area contributed by atoms with E-state index in [0.29, 0.717) is 50.2 Å². The summed E-state index contributed by atoms with van der Waals surface area (Å²) in [6, 6.07) is 4.71. The number of unbranched alkanes of at least 4 members (excludes halogenated alkanes) is 1. The zero-order valence-electron chi connectivity index (χ0n) is 21.7. The fourth-order valence-corrected chi connectivity index (χ4v) is 6.58. The third-order valence-corrected chi connectivity index (χ3v) is 8.62. The number of benzene rings is 1. The Morgan fingerprint density at radius 2 is 1.94 bits per heavy atom. The maximum absolute atomic E-state index is 15.4. The van der Waals surface area contributed by atoms with Crippen LogP contribution < -0.4 is 10.6 Å². The highest BCUT2D eigenvalue weighted by atomic mass is 19.1. The van der Waals surface area contributed by atoms with Gasteiger partial charge >= 0.3 is 0 Å². The number of likely N-dealkylation sites (tertiary alicyclic amines) is 1. The highest BCUT2D eigenvalue weighted by molar-refractivity contribution is 5.79. The van der Waals surface area contributed by atoms with Gasteiger partial charge in [-0.1, -0.05) is 12.1 Å². The van der Waals surface area contributed by atoms with Crippen molar-refractivity contribution in [1.82, 2.24) is 4.90 Å². The maximum atomic E-state index is 15.4. The number of carbonyl (C=O) groups is 1. The molecular weight excluding hydrogens is 461 g/mol. The lowest BCUT2D eigenvalue weighted by atomic mass is 9.73. The molecular formula is C28H44FN3O4. The smallest absolute Gasteiger partial charge is 0.225 e. The number of rotatable bonds is 9. The molecule has 7 nitrogen and oxygen atoms in total. The summed E-state index contributed by atoms with van der Waals surface area (Å²) < 4.78 is 20.6. The van der Waals surface area contributed by atoms with Gasteiger partial charge in [0.1, 0.15) is 5.82 Å². The van der Waals surface area contributed by atoms with Crippen molar-refractivity contribution in [3.05, 3.63) is 29.6 Å². The Balaban J connectivity index is 1.62. The number of aliphatic hydroxyl groups is 2. The molecule has 1 aliphatic carbocycles. The van der Waals surface area contributed by atoms with Crippen molar-refractivity contribution in [3.63, 3.8) is 0 Å². The van der Waals surface area contributed by atoms with Gasteiger partial charge in [0.2, 0.25) is 5.91 Å². The first kappa shape index (κ1) is 27.3. The number of carbonyl (C=O) groups excluding carboxylic acids is 1. The molecule has 4 N–H and O–H groups in total. The summed E-state index contributed by atoms with van der Waals surface area (Å²) in [6.07, 6.45) is 7.01. The minimum absolute atomic E-state index is 0.0175. The quantitative estimate of drug-likeness (QED) is 0.446. The number of nitrogens with two attached hydrogens (primary N) is 1. The van der Waals surface area contributed by atoms with Crippen LogP contribution >= 0.6 is 0 Å². The van der Waals surface area contributed by atoms with Crippen LogP contribution in [0.3, 0.4) is 0 Å². The van der Waals surface area contributed by atoms with Crippen LogP contribution in [0.4, 0.5) is 10.1 Å². The fraction of sp³-hybridized carbons (Fsp3) is 0.750. The van der Waals surface area contributed by atoms with Crippen LogP contribution in [0.15, 0.2) is 18.2 Å². The number of anilines is 1. The number of para-hydroxylation sites is 1. The number of ether oxygens (including phenoxy) is 1. The SMILES string of the molecule is COCCCC[C@@](O)(c1cccc(F)c1N1CCCCC1)[C@@H]1CCCN(C(=O)[C@H]2C[C@@H](N)[C@@H](O)C2)C1. The zero-order valence-corrected chi connectivity index (χ0v) is 21.7. The van der Waals surface area contributed by atoms with Crippen molar-refractivity contribution in [2.75, 3.05) is 44.8 Å². The number of amides is 1. The van der Waals surface area contributed by atoms with E-state index in [4.69, 9.17) is 10.5 Å². The number of aliphatic hydroxyl groups excluding tert-OH is 1. The van der Waals surface area contributed by atoms with Crippen molar-refractivity contribution >= 4 is 11.6 Å². The third kappa shape index (κ3) is 5.87. The van der Waals surface area contributed by atoms with Gasteiger partial charge in [0.15, 0.2) is 0 Å². The van der Waals surface area contributed by atoms with Crippen molar-refractivity contribution < 1.29 is 24.1 Å². The van der Waals surface area contributed by atoms with Crippen molar-refractivity contribution in [3.8, 4) is 0 Å². The van der Waals surface area contributed by atoms with Gasteiger partial charge in [0, 0.05) is 63.3 Å². The third-order valence-electron chi connectivity index (χ3n) is 8.62. The van der Waals surface area contributed by atoms with E-state index in [1.54, 1.807) is 13.2 Å². The summed E-state index contributed by atoms with van der Waals surface area (Å²) in [6.45, 7) is 3.24. The average Bonchev–Trinajstić information content (AvgIpc) is 3.24. The summed E-state index contributed by atoms with van der Waals surface area (Å²) in [7, 11) is 1.67. The van der Waals surface area contributed by atoms with Crippen LogP contribution in [0.1, 0.15) is 69.8 Å². The van der Waals surface area contributed by atoms with Crippen LogP contribution in [0.2, 0.25) is 0 Å². The molecule has 1 saturated carbocycles. The Morgan fingerprint density at radius 3 is 2.64 bits per heavy atom. The molecule has 1 aromatic rings. The summed E-state index contributed by atoms with van der Waals surface area (Å²) >= 11 is 0. The van der Waals surface area contributed by atoms with E-state index in [2.05, 4.69) is 4.90 Å². The second kappa shape index (κ2) is 12.2. The van der Waals surface area contributed by atoms with E-state index in [1.807, 2.05) is 11.0 Å². The fourth-order valence-electron chi connectivity index (χ4n) is 6.58. The molecule has 0 bridgehead atoms. The molecule has 1 aromatic carbocycles. The van der Waals surface area contributed by atoms with Gasteiger partial charge in [-0.3, -0.25) is 4.79 Å². The molecule has 0 aromatic heterocycles. The maximum Gasteiger partial charge on any atom is 0.225 e. The Hall–Kier alpha value is -1.74. The normalized spacial score (nSPS) is 28.8. The van der Waals surface area contributed by atoms with Crippen molar-refractivity contribution in [2.24, 2.45) is 17.6 Å². The standard InChI is InChI=1S/C28H44FN3O4/c1-36-16-6-3-12-28(35,22-10-7-11-23(29)26(22)31-13-4-2-5-14-31)21-9-8-15-32(19-21)27(34)20-17-24(30)25(33)18-20/h7,10-11,20-21,24-25,33,35H,2-6,8-9,12-19,30H2,1H3/t20-,21+,24+,25-,28-/m0/s1. The molecule has 3 aliphatic rings. The van der Waals surface area contributed by atoms with E-state index >= 15 is 4.39 Å². The summed E-state index contributed by atoms with van der Waals surface area (Å²) in [5, 5.41) is 22.5. The molecule has 3 fully saturated rings. The lowest BCUT2D eigenvalue weighted by molar-refractivity contribution is -0.141. The second-order valence-corrected chi connectivity index (χ2v) is 11.1. The van der Waals surface area contributed by atoms with Crippen LogP contribution in [0.5, 0.6) is 0 Å². The second-order valence-electron chi connectivity index (χ2n) is 11.1. The van der Waals surface area contributed by atoms with E-state index in [-0.39, 0.29) is 29.6 Å². The van der Waals surface area contributed by atoms with Crippen LogP contribution in [-0.4, -0.2) is 73.1 Å². The Kier molecular flexibility index (Phi) is 9.25. The van der Waals surface area contributed by atoms with Gasteiger partial charge in [-0.25, -0.2) is 4.39 Å². The molecule has 0 unspecified atom stereocenters. The molecule has 2 saturated heterocycles. The van der Waals surface area contributed by atoms with Crippen LogP contribution in [0.25, 0.3) is 0 Å². The number of hydrogen-bond acceptors (Lipinski definition) is 6. The molecule has 1 amide bonds. The van der Waals surface area contributed by atoms with Gasteiger partial charge in [-0.15, -0.1) is 0 Å². The van der Waals surface area contributed by atoms with Crippen LogP contribution in [-0.2, 0) is 15.1 Å². The molecule has 36 heavy (non-hydrogen) atoms. The van der Waals surface area contributed by atoms with Gasteiger partial charge in [0.05, 0.1) is 17.4 Å². The number of hydrogen-bond donors (Lipinski definition) is 3. The van der Waals surface area contributed by atoms with Crippen molar-refractivity contribution in [1.29, 1.82) is 0 Å². The number of methoxy groups -OCH3 is 1. The Labute approximate surface area is 214 Å². The summed E-state index contributed by atoms with van der Waals surface area (Å²) in [4.78, 5) is 17.3. The Morgan fingerprint density at radius 1 is 1.17 bits per heavy atom. The molecule has 8 heteroatoms. The largest absolute Gasteiger partial charge is 0.391 e. The monoisotopic (exact) mass is 505 g/mol. The highest BCUT2D eigenvalue weighted by Gasteiger charge is 2.45. The van der Waals surface area contributed by atoms with E-state index in [1.165, 1.54) is 6.07 Å². The number of piperidine rings is 2. The minimum Gasteiger partial charge on any atom is -0.391 e. The van der Waals surface area contributed by atoms with Gasteiger partial charge < -0.3 is 30.5 Å². The number of halogens is 1. The molecule has 2 heterocycles. The predicted octanol–water partition coefficient (Wildman–Crippen LogP) is 3.16. The lowest BCUT2D eigenvalue weighted by Gasteiger charge is -2.45. The summed E-state index contributed by atoms with van der Waals surface area (Å²) in [5.74, 6) is -0.754. The molecule has 0 spiro atoms. The summed E-state index contributed by atoms with van der Waals surface area (Å²) in [5.41, 5.74) is 5.90.